The molecule has 2 N–H and O–H groups in total. The number of methoxy groups -OCH3 is 1. The Balaban J connectivity index is 3.00. The maximum absolute atomic E-state index is 11.4. The van der Waals surface area contributed by atoms with Gasteiger partial charge in [0.1, 0.15) is 0 Å². The number of nitrogens with one attached hydrogen (secondary N) is 1. The van der Waals surface area contributed by atoms with Gasteiger partial charge in [0.25, 0.3) is 0 Å². The van der Waals surface area contributed by atoms with Crippen LogP contribution in [0, 0.1) is 0 Å². The summed E-state index contributed by atoms with van der Waals surface area (Å²) in [5.74, 6) is -0.0675. The van der Waals surface area contributed by atoms with Crippen molar-refractivity contribution in [3.8, 4) is 0 Å². The summed E-state index contributed by atoms with van der Waals surface area (Å²) >= 11 is 1.53. The van der Waals surface area contributed by atoms with Crippen molar-refractivity contribution in [2.75, 3.05) is 24.7 Å². The fourth-order valence-corrected chi connectivity index (χ4v) is 2.38. The molecule has 0 saturated heterocycles. The Morgan fingerprint density at radius 3 is 2.68 bits per heavy atom. The molecule has 0 saturated carbocycles. The van der Waals surface area contributed by atoms with E-state index >= 15 is 0 Å². The van der Waals surface area contributed by atoms with E-state index in [4.69, 9.17) is 4.74 Å². The monoisotopic (exact) mass is 283 g/mol. The smallest absolute Gasteiger partial charge is 0.338 e. The van der Waals surface area contributed by atoms with E-state index in [0.29, 0.717) is 17.8 Å². The summed E-state index contributed by atoms with van der Waals surface area (Å²) in [4.78, 5) is 12.2. The predicted octanol–water partition coefficient (Wildman–Crippen LogP) is 3.33. The van der Waals surface area contributed by atoms with Crippen LogP contribution in [-0.2, 0) is 4.74 Å². The maximum atomic E-state index is 11.4. The number of benzene rings is 1. The first-order chi connectivity index (χ1) is 8.91. The number of ether oxygens (including phenoxy) is 1. The quantitative estimate of drug-likeness (QED) is 0.752. The van der Waals surface area contributed by atoms with E-state index in [0.717, 1.165) is 10.6 Å². The van der Waals surface area contributed by atoms with Gasteiger partial charge in [-0.15, -0.1) is 11.8 Å². The van der Waals surface area contributed by atoms with Crippen molar-refractivity contribution < 1.29 is 14.6 Å². The number of aromatic carboxylic acids is 1. The zero-order valence-electron chi connectivity index (χ0n) is 11.8. The van der Waals surface area contributed by atoms with E-state index in [9.17, 15) is 9.90 Å². The van der Waals surface area contributed by atoms with Gasteiger partial charge in [0, 0.05) is 24.2 Å². The Hall–Kier alpha value is -1.20. The first-order valence-corrected chi connectivity index (χ1v) is 7.18. The van der Waals surface area contributed by atoms with Crippen molar-refractivity contribution in [3.05, 3.63) is 23.8 Å². The highest BCUT2D eigenvalue weighted by Gasteiger charge is 2.19. The molecule has 4 nitrogen and oxygen atoms in total. The van der Waals surface area contributed by atoms with Crippen LogP contribution in [0.4, 0.5) is 5.69 Å². The van der Waals surface area contributed by atoms with E-state index in [-0.39, 0.29) is 5.60 Å². The van der Waals surface area contributed by atoms with Gasteiger partial charge in [0.05, 0.1) is 11.2 Å². The van der Waals surface area contributed by atoms with E-state index in [2.05, 4.69) is 5.32 Å². The van der Waals surface area contributed by atoms with E-state index < -0.39 is 5.97 Å². The van der Waals surface area contributed by atoms with E-state index in [1.54, 1.807) is 13.2 Å². The molecule has 0 radical (unpaired) electrons. The van der Waals surface area contributed by atoms with Gasteiger partial charge in [-0.3, -0.25) is 0 Å². The standard InChI is InChI=1S/C14H21NO3S/c1-5-19-11-8-6-7-10(12(11)13(16)17)15-9-14(2,3)18-4/h6-8,15H,5,9H2,1-4H3,(H,16,17). The molecule has 0 aliphatic heterocycles. The van der Waals surface area contributed by atoms with Crippen LogP contribution in [0.2, 0.25) is 0 Å². The zero-order chi connectivity index (χ0) is 14.5. The van der Waals surface area contributed by atoms with Crippen LogP contribution in [-0.4, -0.2) is 36.1 Å². The van der Waals surface area contributed by atoms with Gasteiger partial charge in [-0.2, -0.15) is 0 Å². The second kappa shape index (κ2) is 6.82. The van der Waals surface area contributed by atoms with Gasteiger partial charge in [-0.05, 0) is 31.7 Å². The normalized spacial score (nSPS) is 11.4. The first kappa shape index (κ1) is 15.9. The average molecular weight is 283 g/mol. The summed E-state index contributed by atoms with van der Waals surface area (Å²) < 4.78 is 5.32. The molecule has 0 bridgehead atoms. The molecule has 0 aromatic heterocycles. The molecular weight excluding hydrogens is 262 g/mol. The number of carboxylic acids is 1. The highest BCUT2D eigenvalue weighted by Crippen LogP contribution is 2.29. The number of carbonyl (C=O) groups is 1. The lowest BCUT2D eigenvalue weighted by atomic mass is 10.1. The lowest BCUT2D eigenvalue weighted by Crippen LogP contribution is -2.32. The number of hydrogen-bond acceptors (Lipinski definition) is 4. The van der Waals surface area contributed by atoms with Gasteiger partial charge < -0.3 is 15.2 Å². The van der Waals surface area contributed by atoms with Crippen molar-refractivity contribution in [2.24, 2.45) is 0 Å². The molecule has 19 heavy (non-hydrogen) atoms. The molecule has 1 aromatic carbocycles. The minimum atomic E-state index is -0.908. The third-order valence-corrected chi connectivity index (χ3v) is 3.74. The van der Waals surface area contributed by atoms with Crippen LogP contribution in [0.3, 0.4) is 0 Å². The summed E-state index contributed by atoms with van der Waals surface area (Å²) in [5, 5.41) is 12.5. The Labute approximate surface area is 118 Å². The fraction of sp³-hybridized carbons (Fsp3) is 0.500. The number of carboxylic acid groups (broad SMARTS) is 1. The number of hydrogen-bond donors (Lipinski definition) is 2. The van der Waals surface area contributed by atoms with Crippen molar-refractivity contribution >= 4 is 23.4 Å². The number of rotatable bonds is 7. The van der Waals surface area contributed by atoms with Crippen LogP contribution in [0.1, 0.15) is 31.1 Å². The van der Waals surface area contributed by atoms with E-state index in [1.807, 2.05) is 32.9 Å². The molecule has 0 aliphatic rings. The molecule has 1 rings (SSSR count). The molecule has 0 atom stereocenters. The third kappa shape index (κ3) is 4.44. The summed E-state index contributed by atoms with van der Waals surface area (Å²) in [6, 6.07) is 5.49. The Bertz CT molecular complexity index is 446. The molecular formula is C14H21NO3S. The molecule has 0 amide bonds. The first-order valence-electron chi connectivity index (χ1n) is 6.19. The molecule has 0 heterocycles. The van der Waals surface area contributed by atoms with Crippen molar-refractivity contribution in [3.63, 3.8) is 0 Å². The van der Waals surface area contributed by atoms with Crippen LogP contribution in [0.5, 0.6) is 0 Å². The minimum Gasteiger partial charge on any atom is -0.478 e. The largest absolute Gasteiger partial charge is 0.478 e. The topological polar surface area (TPSA) is 58.6 Å². The highest BCUT2D eigenvalue weighted by molar-refractivity contribution is 7.99. The molecule has 0 spiro atoms. The van der Waals surface area contributed by atoms with Crippen LogP contribution in [0.15, 0.2) is 23.1 Å². The van der Waals surface area contributed by atoms with E-state index in [1.165, 1.54) is 11.8 Å². The Morgan fingerprint density at radius 2 is 2.16 bits per heavy atom. The van der Waals surface area contributed by atoms with Crippen molar-refractivity contribution in [1.29, 1.82) is 0 Å². The predicted molar refractivity (Wildman–Crippen MR) is 79.4 cm³/mol. The Morgan fingerprint density at radius 1 is 1.47 bits per heavy atom. The molecule has 106 valence electrons. The van der Waals surface area contributed by atoms with Gasteiger partial charge >= 0.3 is 5.97 Å². The van der Waals surface area contributed by atoms with Crippen LogP contribution >= 0.6 is 11.8 Å². The molecule has 1 aromatic rings. The third-order valence-electron chi connectivity index (χ3n) is 2.80. The summed E-state index contributed by atoms with van der Waals surface area (Å²) in [7, 11) is 1.64. The number of thioether (sulfide) groups is 1. The summed E-state index contributed by atoms with van der Waals surface area (Å²) in [6.07, 6.45) is 0. The van der Waals surface area contributed by atoms with Crippen LogP contribution in [0.25, 0.3) is 0 Å². The summed E-state index contributed by atoms with van der Waals surface area (Å²) in [6.45, 7) is 6.45. The highest BCUT2D eigenvalue weighted by atomic mass is 32.2. The second-order valence-corrected chi connectivity index (χ2v) is 6.04. The van der Waals surface area contributed by atoms with Crippen molar-refractivity contribution in [1.82, 2.24) is 0 Å². The van der Waals surface area contributed by atoms with Gasteiger partial charge in [-0.1, -0.05) is 13.0 Å². The lowest BCUT2D eigenvalue weighted by Gasteiger charge is -2.24. The summed E-state index contributed by atoms with van der Waals surface area (Å²) in [5.41, 5.74) is 0.626. The van der Waals surface area contributed by atoms with Crippen molar-refractivity contribution in [2.45, 2.75) is 31.3 Å². The van der Waals surface area contributed by atoms with Gasteiger partial charge in [0.15, 0.2) is 0 Å². The SMILES string of the molecule is CCSc1cccc(NCC(C)(C)OC)c1C(=O)O. The maximum Gasteiger partial charge on any atom is 0.338 e. The van der Waals surface area contributed by atoms with Gasteiger partial charge in [0.2, 0.25) is 0 Å². The minimum absolute atomic E-state index is 0.334. The molecule has 0 fully saturated rings. The zero-order valence-corrected chi connectivity index (χ0v) is 12.6. The van der Waals surface area contributed by atoms with Gasteiger partial charge in [-0.25, -0.2) is 4.79 Å². The molecule has 5 heteroatoms. The second-order valence-electron chi connectivity index (χ2n) is 4.73. The molecule has 0 aliphatic carbocycles. The average Bonchev–Trinajstić information content (AvgIpc) is 2.36. The fourth-order valence-electron chi connectivity index (χ4n) is 1.56. The number of anilines is 1. The lowest BCUT2D eigenvalue weighted by molar-refractivity contribution is 0.0343. The van der Waals surface area contributed by atoms with Crippen LogP contribution < -0.4 is 5.32 Å². The Kier molecular flexibility index (Phi) is 5.69. The molecule has 0 unspecified atom stereocenters.